The molecule has 5 nitrogen and oxygen atoms in total. The third kappa shape index (κ3) is 4.91. The van der Waals surface area contributed by atoms with Crippen LogP contribution in [0, 0.1) is 0 Å². The molecule has 1 heterocycles. The summed E-state index contributed by atoms with van der Waals surface area (Å²) in [5.41, 5.74) is 4.84. The van der Waals surface area contributed by atoms with Gasteiger partial charge in [0.1, 0.15) is 6.33 Å². The van der Waals surface area contributed by atoms with Crippen LogP contribution in [0.1, 0.15) is 33.6 Å². The summed E-state index contributed by atoms with van der Waals surface area (Å²) in [7, 11) is 0. The first-order chi connectivity index (χ1) is 8.44. The first kappa shape index (κ1) is 15.4. The number of aromatic nitrogens is 2. The Bertz CT molecular complexity index is 369. The quantitative estimate of drug-likeness (QED) is 0.561. The zero-order chi connectivity index (χ0) is 13.6. The van der Waals surface area contributed by atoms with Gasteiger partial charge in [0.25, 0.3) is 0 Å². The van der Waals surface area contributed by atoms with Gasteiger partial charge in [-0.3, -0.25) is 4.79 Å². The van der Waals surface area contributed by atoms with E-state index >= 15 is 0 Å². The summed E-state index contributed by atoms with van der Waals surface area (Å²) in [5, 5.41) is 3.24. The normalized spacial score (nSPS) is 14.7. The Morgan fingerprint density at radius 2 is 2.39 bits per heavy atom. The van der Waals surface area contributed by atoms with Crippen LogP contribution in [0.3, 0.4) is 0 Å². The number of nitrogens with two attached hydrogens (primary N) is 1. The van der Waals surface area contributed by atoms with Gasteiger partial charge in [-0.05, 0) is 45.1 Å². The van der Waals surface area contributed by atoms with Crippen molar-refractivity contribution >= 4 is 29.2 Å². The van der Waals surface area contributed by atoms with E-state index in [1.165, 1.54) is 11.5 Å². The number of hydrogen-bond acceptors (Lipinski definition) is 6. The van der Waals surface area contributed by atoms with Gasteiger partial charge in [-0.1, -0.05) is 11.8 Å². The summed E-state index contributed by atoms with van der Waals surface area (Å²) in [6.45, 7) is 5.89. The molecule has 0 bridgehead atoms. The van der Waals surface area contributed by atoms with Crippen molar-refractivity contribution in [2.45, 2.75) is 49.5 Å². The average molecular weight is 288 g/mol. The number of nitrogens with one attached hydrogen (secondary N) is 1. The molecule has 102 valence electrons. The predicted molar refractivity (Wildman–Crippen MR) is 75.7 cm³/mol. The molecule has 1 aromatic heterocycles. The number of amides is 1. The van der Waals surface area contributed by atoms with Crippen LogP contribution in [0.2, 0.25) is 0 Å². The van der Waals surface area contributed by atoms with Gasteiger partial charge in [-0.25, -0.2) is 4.98 Å². The second-order valence-corrected chi connectivity index (χ2v) is 6.78. The average Bonchev–Trinajstić information content (AvgIpc) is 2.76. The molecule has 18 heavy (non-hydrogen) atoms. The lowest BCUT2D eigenvalue weighted by atomic mass is 9.94. The molecule has 1 amide bonds. The molecule has 7 heteroatoms. The third-order valence-electron chi connectivity index (χ3n) is 2.54. The van der Waals surface area contributed by atoms with Crippen LogP contribution in [0.15, 0.2) is 10.7 Å². The van der Waals surface area contributed by atoms with E-state index in [0.717, 1.165) is 22.9 Å². The molecule has 1 atom stereocenters. The SMILES string of the molecule is CC(C)NC(C)(CCCSc1ncns1)C(N)=O. The Hall–Kier alpha value is -0.660. The van der Waals surface area contributed by atoms with Crippen LogP contribution in [-0.4, -0.2) is 32.6 Å². The fraction of sp³-hybridized carbons (Fsp3) is 0.727. The van der Waals surface area contributed by atoms with Gasteiger partial charge < -0.3 is 11.1 Å². The van der Waals surface area contributed by atoms with Crippen molar-refractivity contribution < 1.29 is 4.79 Å². The molecule has 1 rings (SSSR count). The number of rotatable bonds is 8. The molecule has 0 radical (unpaired) electrons. The summed E-state index contributed by atoms with van der Waals surface area (Å²) >= 11 is 3.06. The van der Waals surface area contributed by atoms with Gasteiger partial charge in [0.15, 0.2) is 4.34 Å². The lowest BCUT2D eigenvalue weighted by Crippen LogP contribution is -2.55. The van der Waals surface area contributed by atoms with E-state index in [1.54, 1.807) is 18.1 Å². The van der Waals surface area contributed by atoms with Crippen LogP contribution in [-0.2, 0) is 4.79 Å². The summed E-state index contributed by atoms with van der Waals surface area (Å²) in [5.74, 6) is 0.620. The van der Waals surface area contributed by atoms with Crippen LogP contribution in [0.4, 0.5) is 0 Å². The van der Waals surface area contributed by atoms with Gasteiger partial charge in [0.05, 0.1) is 5.54 Å². The van der Waals surface area contributed by atoms with E-state index in [2.05, 4.69) is 14.7 Å². The highest BCUT2D eigenvalue weighted by molar-refractivity contribution is 8.00. The molecular weight excluding hydrogens is 268 g/mol. The predicted octanol–water partition coefficient (Wildman–Crippen LogP) is 1.65. The van der Waals surface area contributed by atoms with Crippen LogP contribution >= 0.6 is 23.3 Å². The largest absolute Gasteiger partial charge is 0.368 e. The zero-order valence-corrected chi connectivity index (χ0v) is 12.6. The molecule has 0 aliphatic heterocycles. The molecule has 0 fully saturated rings. The van der Waals surface area contributed by atoms with Crippen LogP contribution in [0.25, 0.3) is 0 Å². The van der Waals surface area contributed by atoms with Gasteiger partial charge in [0, 0.05) is 11.8 Å². The van der Waals surface area contributed by atoms with E-state index in [9.17, 15) is 4.79 Å². The van der Waals surface area contributed by atoms with Crippen molar-refractivity contribution in [3.8, 4) is 0 Å². The summed E-state index contributed by atoms with van der Waals surface area (Å²) < 4.78 is 4.91. The maximum Gasteiger partial charge on any atom is 0.237 e. The summed E-state index contributed by atoms with van der Waals surface area (Å²) in [6.07, 6.45) is 3.19. The Morgan fingerprint density at radius 1 is 1.67 bits per heavy atom. The maximum atomic E-state index is 11.5. The van der Waals surface area contributed by atoms with Crippen molar-refractivity contribution in [2.24, 2.45) is 5.73 Å². The van der Waals surface area contributed by atoms with Gasteiger partial charge in [0.2, 0.25) is 5.91 Å². The van der Waals surface area contributed by atoms with Crippen LogP contribution in [0.5, 0.6) is 0 Å². The van der Waals surface area contributed by atoms with E-state index in [1.807, 2.05) is 20.8 Å². The molecule has 0 spiro atoms. The molecule has 0 aromatic carbocycles. The lowest BCUT2D eigenvalue weighted by Gasteiger charge is -2.29. The van der Waals surface area contributed by atoms with Crippen molar-refractivity contribution in [3.63, 3.8) is 0 Å². The highest BCUT2D eigenvalue weighted by Gasteiger charge is 2.30. The van der Waals surface area contributed by atoms with Crippen molar-refractivity contribution in [2.75, 3.05) is 5.75 Å². The molecule has 0 aliphatic carbocycles. The number of hydrogen-bond donors (Lipinski definition) is 2. The number of thioether (sulfide) groups is 1. The number of carbonyl (C=O) groups excluding carboxylic acids is 1. The van der Waals surface area contributed by atoms with Gasteiger partial charge >= 0.3 is 0 Å². The molecule has 0 aliphatic rings. The minimum Gasteiger partial charge on any atom is -0.368 e. The number of carbonyl (C=O) groups is 1. The standard InChI is InChI=1S/C11H20N4OS2/c1-8(2)15-11(3,9(12)16)5-4-6-17-10-13-7-14-18-10/h7-8,15H,4-6H2,1-3H3,(H2,12,16). The Labute approximate surface area is 116 Å². The third-order valence-corrected chi connectivity index (χ3v) is 4.42. The molecule has 0 saturated heterocycles. The van der Waals surface area contributed by atoms with Gasteiger partial charge in [-0.15, -0.1) is 0 Å². The first-order valence-corrected chi connectivity index (χ1v) is 7.67. The second-order valence-electron chi connectivity index (χ2n) is 4.65. The minimum absolute atomic E-state index is 0.235. The molecule has 1 aromatic rings. The van der Waals surface area contributed by atoms with Gasteiger partial charge in [-0.2, -0.15) is 4.37 Å². The van der Waals surface area contributed by atoms with E-state index in [-0.39, 0.29) is 11.9 Å². The Morgan fingerprint density at radius 3 is 2.89 bits per heavy atom. The summed E-state index contributed by atoms with van der Waals surface area (Å²) in [6, 6.07) is 0.235. The Balaban J connectivity index is 2.36. The molecule has 3 N–H and O–H groups in total. The van der Waals surface area contributed by atoms with E-state index in [0.29, 0.717) is 0 Å². The minimum atomic E-state index is -0.629. The van der Waals surface area contributed by atoms with Crippen molar-refractivity contribution in [1.82, 2.24) is 14.7 Å². The topological polar surface area (TPSA) is 80.9 Å². The monoisotopic (exact) mass is 288 g/mol. The molecule has 1 unspecified atom stereocenters. The summed E-state index contributed by atoms with van der Waals surface area (Å²) in [4.78, 5) is 15.6. The molecule has 0 saturated carbocycles. The second kappa shape index (κ2) is 7.06. The van der Waals surface area contributed by atoms with Crippen LogP contribution < -0.4 is 11.1 Å². The zero-order valence-electron chi connectivity index (χ0n) is 11.0. The lowest BCUT2D eigenvalue weighted by molar-refractivity contribution is -0.124. The number of primary amides is 1. The van der Waals surface area contributed by atoms with E-state index in [4.69, 9.17) is 5.73 Å². The highest BCUT2D eigenvalue weighted by atomic mass is 32.2. The highest BCUT2D eigenvalue weighted by Crippen LogP contribution is 2.22. The Kier molecular flexibility index (Phi) is 6.04. The number of nitrogens with zero attached hydrogens (tertiary/aromatic N) is 2. The van der Waals surface area contributed by atoms with E-state index < -0.39 is 5.54 Å². The maximum absolute atomic E-state index is 11.5. The van der Waals surface area contributed by atoms with Crippen molar-refractivity contribution in [1.29, 1.82) is 0 Å². The smallest absolute Gasteiger partial charge is 0.237 e. The fourth-order valence-corrected chi connectivity index (χ4v) is 3.17. The molecular formula is C11H20N4OS2. The first-order valence-electron chi connectivity index (χ1n) is 5.91. The van der Waals surface area contributed by atoms with Crippen molar-refractivity contribution in [3.05, 3.63) is 6.33 Å². The fourth-order valence-electron chi connectivity index (χ4n) is 1.72.